The van der Waals surface area contributed by atoms with Gasteiger partial charge in [-0.25, -0.2) is 9.97 Å². The van der Waals surface area contributed by atoms with Crippen molar-refractivity contribution < 1.29 is 9.59 Å². The predicted molar refractivity (Wildman–Crippen MR) is 92.0 cm³/mol. The first kappa shape index (κ1) is 16.1. The van der Waals surface area contributed by atoms with Gasteiger partial charge in [-0.3, -0.25) is 14.0 Å². The van der Waals surface area contributed by atoms with Crippen molar-refractivity contribution in [2.24, 2.45) is 0 Å². The maximum atomic E-state index is 11.9. The molecule has 7 nitrogen and oxygen atoms in total. The van der Waals surface area contributed by atoms with E-state index >= 15 is 0 Å². The lowest BCUT2D eigenvalue weighted by Gasteiger charge is -2.06. The lowest BCUT2D eigenvalue weighted by Crippen LogP contribution is -2.29. The van der Waals surface area contributed by atoms with E-state index in [1.54, 1.807) is 6.07 Å². The highest BCUT2D eigenvalue weighted by molar-refractivity contribution is 7.15. The third-order valence-corrected chi connectivity index (χ3v) is 4.09. The highest BCUT2D eigenvalue weighted by Gasteiger charge is 2.09. The van der Waals surface area contributed by atoms with E-state index in [2.05, 4.69) is 20.6 Å². The highest BCUT2D eigenvalue weighted by atomic mass is 32.1. The van der Waals surface area contributed by atoms with E-state index in [1.807, 2.05) is 41.2 Å². The van der Waals surface area contributed by atoms with Gasteiger partial charge in [-0.1, -0.05) is 6.07 Å². The molecule has 0 aliphatic rings. The van der Waals surface area contributed by atoms with Crippen LogP contribution in [-0.4, -0.2) is 32.7 Å². The number of fused-ring (bicyclic) bond motifs is 1. The average Bonchev–Trinajstić information content (AvgIpc) is 3.08. The van der Waals surface area contributed by atoms with Crippen LogP contribution < -0.4 is 10.6 Å². The Morgan fingerprint density at radius 3 is 2.92 bits per heavy atom. The van der Waals surface area contributed by atoms with Crippen LogP contribution in [0.2, 0.25) is 0 Å². The summed E-state index contributed by atoms with van der Waals surface area (Å²) in [7, 11) is 0. The minimum atomic E-state index is -0.184. The van der Waals surface area contributed by atoms with Gasteiger partial charge in [0, 0.05) is 36.4 Å². The number of imidazole rings is 1. The van der Waals surface area contributed by atoms with Gasteiger partial charge in [-0.05, 0) is 19.1 Å². The number of carbonyl (C=O) groups is 2. The number of pyridine rings is 1. The molecule has 124 valence electrons. The molecule has 0 bridgehead atoms. The van der Waals surface area contributed by atoms with E-state index in [0.717, 1.165) is 10.7 Å². The van der Waals surface area contributed by atoms with Crippen molar-refractivity contribution in [2.45, 2.75) is 19.8 Å². The fourth-order valence-corrected chi connectivity index (χ4v) is 2.94. The molecule has 0 aliphatic heterocycles. The maximum Gasteiger partial charge on any atom is 0.227 e. The molecule has 0 fully saturated rings. The highest BCUT2D eigenvalue weighted by Crippen LogP contribution is 2.11. The summed E-state index contributed by atoms with van der Waals surface area (Å²) in [6, 6.07) is 5.42. The molecule has 3 aromatic heterocycles. The largest absolute Gasteiger partial charge is 0.355 e. The smallest absolute Gasteiger partial charge is 0.227 e. The molecule has 24 heavy (non-hydrogen) atoms. The molecule has 0 atom stereocenters. The average molecular weight is 343 g/mol. The third-order valence-electron chi connectivity index (χ3n) is 3.31. The predicted octanol–water partition coefficient (Wildman–Crippen LogP) is 1.79. The van der Waals surface area contributed by atoms with Crippen LogP contribution in [0.5, 0.6) is 0 Å². The molecular formula is C16H17N5O2S. The van der Waals surface area contributed by atoms with Gasteiger partial charge in [0.2, 0.25) is 11.8 Å². The van der Waals surface area contributed by atoms with Crippen molar-refractivity contribution in [3.05, 3.63) is 47.4 Å². The van der Waals surface area contributed by atoms with Gasteiger partial charge in [-0.2, -0.15) is 0 Å². The summed E-state index contributed by atoms with van der Waals surface area (Å²) in [4.78, 5) is 33.1. The molecule has 0 saturated carbocycles. The first-order valence-corrected chi connectivity index (χ1v) is 8.39. The van der Waals surface area contributed by atoms with E-state index < -0.39 is 0 Å². The number of anilines is 1. The van der Waals surface area contributed by atoms with Gasteiger partial charge in [0.15, 0.2) is 4.96 Å². The lowest BCUT2D eigenvalue weighted by molar-refractivity contribution is -0.120. The SMILES string of the molecule is Cc1cccc(NC(=O)CCNC(=O)Cc2cn3ccsc3n2)n1. The van der Waals surface area contributed by atoms with Crippen LogP contribution in [0.4, 0.5) is 5.82 Å². The number of rotatable bonds is 6. The van der Waals surface area contributed by atoms with Crippen molar-refractivity contribution in [3.8, 4) is 0 Å². The zero-order valence-electron chi connectivity index (χ0n) is 13.2. The van der Waals surface area contributed by atoms with Crippen LogP contribution in [0.1, 0.15) is 17.8 Å². The minimum absolute atomic E-state index is 0.151. The van der Waals surface area contributed by atoms with Crippen molar-refractivity contribution in [1.82, 2.24) is 19.7 Å². The molecule has 2 N–H and O–H groups in total. The van der Waals surface area contributed by atoms with Gasteiger partial charge < -0.3 is 10.6 Å². The van der Waals surface area contributed by atoms with Gasteiger partial charge >= 0.3 is 0 Å². The number of aryl methyl sites for hydroxylation is 1. The second-order valence-electron chi connectivity index (χ2n) is 5.31. The number of nitrogens with one attached hydrogen (secondary N) is 2. The topological polar surface area (TPSA) is 88.4 Å². The van der Waals surface area contributed by atoms with Gasteiger partial charge in [-0.15, -0.1) is 11.3 Å². The van der Waals surface area contributed by atoms with Crippen molar-refractivity contribution in [2.75, 3.05) is 11.9 Å². The van der Waals surface area contributed by atoms with Gasteiger partial charge in [0.05, 0.1) is 12.1 Å². The molecule has 3 heterocycles. The van der Waals surface area contributed by atoms with Crippen molar-refractivity contribution in [3.63, 3.8) is 0 Å². The Kier molecular flexibility index (Phi) is 4.85. The number of nitrogens with zero attached hydrogens (tertiary/aromatic N) is 3. The van der Waals surface area contributed by atoms with Gasteiger partial charge in [0.1, 0.15) is 5.82 Å². The van der Waals surface area contributed by atoms with E-state index in [4.69, 9.17) is 0 Å². The maximum absolute atomic E-state index is 11.9. The van der Waals surface area contributed by atoms with Crippen LogP contribution in [0.25, 0.3) is 4.96 Å². The zero-order valence-corrected chi connectivity index (χ0v) is 14.0. The molecule has 3 rings (SSSR count). The summed E-state index contributed by atoms with van der Waals surface area (Å²) in [5, 5.41) is 7.37. The molecule has 0 unspecified atom stereocenters. The van der Waals surface area contributed by atoms with E-state index in [1.165, 1.54) is 11.3 Å². The van der Waals surface area contributed by atoms with Crippen molar-refractivity contribution in [1.29, 1.82) is 0 Å². The summed E-state index contributed by atoms with van der Waals surface area (Å²) in [5.74, 6) is 0.183. The molecule has 0 radical (unpaired) electrons. The molecule has 3 aromatic rings. The fraction of sp³-hybridized carbons (Fsp3) is 0.250. The van der Waals surface area contributed by atoms with Crippen LogP contribution in [0, 0.1) is 6.92 Å². The number of aromatic nitrogens is 3. The second kappa shape index (κ2) is 7.22. The molecule has 2 amide bonds. The first-order valence-electron chi connectivity index (χ1n) is 7.51. The summed E-state index contributed by atoms with van der Waals surface area (Å²) in [5.41, 5.74) is 1.55. The van der Waals surface area contributed by atoms with E-state index in [9.17, 15) is 9.59 Å². The minimum Gasteiger partial charge on any atom is -0.355 e. The Morgan fingerprint density at radius 1 is 1.25 bits per heavy atom. The van der Waals surface area contributed by atoms with E-state index in [-0.39, 0.29) is 31.2 Å². The Hall–Kier alpha value is -2.74. The second-order valence-corrected chi connectivity index (χ2v) is 6.19. The van der Waals surface area contributed by atoms with Crippen LogP contribution >= 0.6 is 11.3 Å². The van der Waals surface area contributed by atoms with Crippen LogP contribution in [0.15, 0.2) is 36.0 Å². The number of amides is 2. The summed E-state index contributed by atoms with van der Waals surface area (Å²) in [6.45, 7) is 2.13. The van der Waals surface area contributed by atoms with Crippen LogP contribution in [-0.2, 0) is 16.0 Å². The summed E-state index contributed by atoms with van der Waals surface area (Å²) in [6.07, 6.45) is 4.13. The number of hydrogen-bond donors (Lipinski definition) is 2. The molecule has 8 heteroatoms. The number of carbonyl (C=O) groups excluding carboxylic acids is 2. The Balaban J connectivity index is 1.41. The van der Waals surface area contributed by atoms with Gasteiger partial charge in [0.25, 0.3) is 0 Å². The molecule has 0 aliphatic carbocycles. The van der Waals surface area contributed by atoms with Crippen LogP contribution in [0.3, 0.4) is 0 Å². The van der Waals surface area contributed by atoms with Crippen molar-refractivity contribution >= 4 is 33.9 Å². The number of hydrogen-bond acceptors (Lipinski definition) is 5. The molecule has 0 aromatic carbocycles. The standard InChI is InChI=1S/C16H17N5O2S/c1-11-3-2-4-13(18-11)20-14(22)5-6-17-15(23)9-12-10-21-7-8-24-16(21)19-12/h2-4,7-8,10H,5-6,9H2,1H3,(H,17,23)(H,18,20,22). The lowest BCUT2D eigenvalue weighted by atomic mass is 10.3. The molecule has 0 spiro atoms. The summed E-state index contributed by atoms with van der Waals surface area (Å²) < 4.78 is 1.88. The third kappa shape index (κ3) is 4.17. The Labute approximate surface area is 142 Å². The quantitative estimate of drug-likeness (QED) is 0.714. The first-order chi connectivity index (χ1) is 11.6. The monoisotopic (exact) mass is 343 g/mol. The normalized spacial score (nSPS) is 10.7. The summed E-state index contributed by atoms with van der Waals surface area (Å²) >= 11 is 1.52. The number of thiazole rings is 1. The van der Waals surface area contributed by atoms with E-state index in [0.29, 0.717) is 11.5 Å². The molecule has 0 saturated heterocycles. The fourth-order valence-electron chi connectivity index (χ4n) is 2.22. The molecular weight excluding hydrogens is 326 g/mol. The zero-order chi connectivity index (χ0) is 16.9. The Morgan fingerprint density at radius 2 is 2.12 bits per heavy atom. The Bertz CT molecular complexity index is 842.